The molecule has 1 aliphatic rings. The fourth-order valence-corrected chi connectivity index (χ4v) is 2.99. The topological polar surface area (TPSA) is 76.7 Å². The van der Waals surface area contributed by atoms with Crippen molar-refractivity contribution in [3.8, 4) is 17.2 Å². The first-order valence-corrected chi connectivity index (χ1v) is 8.97. The summed E-state index contributed by atoms with van der Waals surface area (Å²) in [5, 5.41) is 5.16. The molecular weight excluding hydrogens is 408 g/mol. The molecule has 1 fully saturated rings. The molecule has 160 valence electrons. The van der Waals surface area contributed by atoms with Crippen molar-refractivity contribution in [2.45, 2.75) is 25.1 Å². The van der Waals surface area contributed by atoms with Crippen LogP contribution in [-0.4, -0.2) is 31.5 Å². The number of carbonyl (C=O) groups is 2. The van der Waals surface area contributed by atoms with Crippen molar-refractivity contribution in [2.75, 3.05) is 13.7 Å². The number of amides is 2. The van der Waals surface area contributed by atoms with E-state index in [1.54, 1.807) is 0 Å². The van der Waals surface area contributed by atoms with Crippen LogP contribution in [0.25, 0.3) is 0 Å². The molecule has 2 amide bonds. The number of methoxy groups -OCH3 is 1. The van der Waals surface area contributed by atoms with Gasteiger partial charge in [0.25, 0.3) is 5.91 Å². The third-order valence-corrected chi connectivity index (χ3v) is 4.48. The number of piperidine rings is 1. The molecule has 1 unspecified atom stereocenters. The average molecular weight is 426 g/mol. The van der Waals surface area contributed by atoms with Crippen LogP contribution in [0.1, 0.15) is 28.8 Å². The Labute approximate surface area is 169 Å². The highest BCUT2D eigenvalue weighted by atomic mass is 19.4. The predicted octanol–water partition coefficient (Wildman–Crippen LogP) is 3.65. The van der Waals surface area contributed by atoms with E-state index in [0.717, 1.165) is 24.3 Å². The molecule has 0 spiro atoms. The summed E-state index contributed by atoms with van der Waals surface area (Å²) in [4.78, 5) is 24.2. The third kappa shape index (κ3) is 5.00. The summed E-state index contributed by atoms with van der Waals surface area (Å²) in [6.07, 6.45) is -4.24. The molecule has 3 rings (SSSR count). The van der Waals surface area contributed by atoms with Crippen LogP contribution in [0.4, 0.5) is 17.6 Å². The first-order chi connectivity index (χ1) is 14.2. The number of hydrogen-bond donors (Lipinski definition) is 2. The van der Waals surface area contributed by atoms with Crippen LogP contribution in [0.15, 0.2) is 36.4 Å². The van der Waals surface area contributed by atoms with Gasteiger partial charge in [-0.1, -0.05) is 0 Å². The second kappa shape index (κ2) is 8.60. The molecule has 2 aromatic carbocycles. The minimum absolute atomic E-state index is 0.0125. The van der Waals surface area contributed by atoms with E-state index < -0.39 is 35.1 Å². The fourth-order valence-electron chi connectivity index (χ4n) is 2.99. The Morgan fingerprint density at radius 2 is 1.87 bits per heavy atom. The molecule has 0 saturated carbocycles. The van der Waals surface area contributed by atoms with E-state index in [1.807, 2.05) is 0 Å². The molecule has 6 nitrogen and oxygen atoms in total. The van der Waals surface area contributed by atoms with Crippen molar-refractivity contribution < 1.29 is 36.6 Å². The summed E-state index contributed by atoms with van der Waals surface area (Å²) in [7, 11) is 1.31. The molecule has 1 aliphatic heterocycles. The number of benzene rings is 2. The molecule has 30 heavy (non-hydrogen) atoms. The average Bonchev–Trinajstić information content (AvgIpc) is 2.67. The van der Waals surface area contributed by atoms with Crippen LogP contribution in [0.3, 0.4) is 0 Å². The highest BCUT2D eigenvalue weighted by Gasteiger charge is 2.33. The zero-order valence-corrected chi connectivity index (χ0v) is 15.8. The maximum absolute atomic E-state index is 13.6. The largest absolute Gasteiger partial charge is 0.493 e. The lowest BCUT2D eigenvalue weighted by Gasteiger charge is -2.24. The highest BCUT2D eigenvalue weighted by Crippen LogP contribution is 2.37. The molecule has 0 aliphatic carbocycles. The minimum atomic E-state index is -4.69. The van der Waals surface area contributed by atoms with Crippen LogP contribution in [0, 0.1) is 5.82 Å². The summed E-state index contributed by atoms with van der Waals surface area (Å²) >= 11 is 0. The van der Waals surface area contributed by atoms with E-state index in [9.17, 15) is 27.2 Å². The van der Waals surface area contributed by atoms with Gasteiger partial charge in [0.05, 0.1) is 18.2 Å². The van der Waals surface area contributed by atoms with Crippen LogP contribution in [-0.2, 0) is 11.0 Å². The monoisotopic (exact) mass is 426 g/mol. The normalized spacial score (nSPS) is 16.6. The van der Waals surface area contributed by atoms with E-state index in [4.69, 9.17) is 9.47 Å². The van der Waals surface area contributed by atoms with Gasteiger partial charge in [-0.05, 0) is 36.8 Å². The Balaban J connectivity index is 1.95. The zero-order chi connectivity index (χ0) is 21.9. The van der Waals surface area contributed by atoms with Gasteiger partial charge in [0.1, 0.15) is 11.6 Å². The first-order valence-electron chi connectivity index (χ1n) is 8.97. The Bertz CT molecular complexity index is 962. The minimum Gasteiger partial charge on any atom is -0.493 e. The molecule has 10 heteroatoms. The van der Waals surface area contributed by atoms with Gasteiger partial charge in [-0.25, -0.2) is 4.39 Å². The van der Waals surface area contributed by atoms with Crippen molar-refractivity contribution >= 4 is 11.8 Å². The second-order valence-corrected chi connectivity index (χ2v) is 6.62. The molecule has 0 bridgehead atoms. The van der Waals surface area contributed by atoms with E-state index >= 15 is 0 Å². The van der Waals surface area contributed by atoms with Crippen LogP contribution >= 0.6 is 0 Å². The Kier molecular flexibility index (Phi) is 6.14. The molecule has 1 heterocycles. The number of carbonyl (C=O) groups excluding carboxylic acids is 2. The number of rotatable bonds is 5. The summed E-state index contributed by atoms with van der Waals surface area (Å²) < 4.78 is 63.7. The molecular formula is C20H18F4N2O4. The summed E-state index contributed by atoms with van der Waals surface area (Å²) in [6.45, 7) is 0.343. The number of ether oxygens (including phenoxy) is 2. The lowest BCUT2D eigenvalue weighted by molar-refractivity contribution is -0.137. The SMILES string of the molecule is COc1ccc(F)cc1Oc1ccc(C(F)(F)F)cc1C(=O)NC1CCNC(=O)C1. The zero-order valence-electron chi connectivity index (χ0n) is 15.8. The molecule has 1 atom stereocenters. The van der Waals surface area contributed by atoms with Crippen molar-refractivity contribution in [3.63, 3.8) is 0 Å². The maximum atomic E-state index is 13.6. The van der Waals surface area contributed by atoms with E-state index in [-0.39, 0.29) is 29.6 Å². The van der Waals surface area contributed by atoms with Gasteiger partial charge in [-0.15, -0.1) is 0 Å². The molecule has 0 radical (unpaired) electrons. The van der Waals surface area contributed by atoms with Gasteiger partial charge >= 0.3 is 6.18 Å². The first kappa shape index (κ1) is 21.4. The Morgan fingerprint density at radius 1 is 1.13 bits per heavy atom. The maximum Gasteiger partial charge on any atom is 0.416 e. The summed E-state index contributed by atoms with van der Waals surface area (Å²) in [6, 6.07) is 5.26. The number of alkyl halides is 3. The smallest absolute Gasteiger partial charge is 0.416 e. The molecule has 1 saturated heterocycles. The van der Waals surface area contributed by atoms with Crippen LogP contribution < -0.4 is 20.1 Å². The van der Waals surface area contributed by atoms with Crippen LogP contribution in [0.5, 0.6) is 17.2 Å². The van der Waals surface area contributed by atoms with Crippen molar-refractivity contribution in [3.05, 3.63) is 53.3 Å². The standard InChI is InChI=1S/C20H18F4N2O4/c1-29-16-5-3-12(21)9-17(16)30-15-4-2-11(20(22,23)24)8-14(15)19(28)26-13-6-7-25-18(27)10-13/h2-5,8-9,13H,6-7,10H2,1H3,(H,25,27)(H,26,28). The van der Waals surface area contributed by atoms with Gasteiger partial charge in [-0.2, -0.15) is 13.2 Å². The van der Waals surface area contributed by atoms with Gasteiger partial charge in [-0.3, -0.25) is 9.59 Å². The van der Waals surface area contributed by atoms with E-state index in [0.29, 0.717) is 19.0 Å². The lowest BCUT2D eigenvalue weighted by Crippen LogP contribution is -2.45. The summed E-state index contributed by atoms with van der Waals surface area (Å²) in [5.41, 5.74) is -1.45. The Morgan fingerprint density at radius 3 is 2.53 bits per heavy atom. The van der Waals surface area contributed by atoms with E-state index in [2.05, 4.69) is 10.6 Å². The molecule has 0 aromatic heterocycles. The highest BCUT2D eigenvalue weighted by molar-refractivity contribution is 5.97. The van der Waals surface area contributed by atoms with Gasteiger partial charge < -0.3 is 20.1 Å². The number of nitrogens with one attached hydrogen (secondary N) is 2. The summed E-state index contributed by atoms with van der Waals surface area (Å²) in [5.74, 6) is -1.96. The predicted molar refractivity (Wildman–Crippen MR) is 98.0 cm³/mol. The van der Waals surface area contributed by atoms with Gasteiger partial charge in [0.15, 0.2) is 11.5 Å². The Hall–Kier alpha value is -3.30. The second-order valence-electron chi connectivity index (χ2n) is 6.62. The van der Waals surface area contributed by atoms with Gasteiger partial charge in [0.2, 0.25) is 5.91 Å². The van der Waals surface area contributed by atoms with Crippen LogP contribution in [0.2, 0.25) is 0 Å². The molecule has 2 N–H and O–H groups in total. The third-order valence-electron chi connectivity index (χ3n) is 4.48. The van der Waals surface area contributed by atoms with Gasteiger partial charge in [0, 0.05) is 25.1 Å². The number of halogens is 4. The quantitative estimate of drug-likeness (QED) is 0.716. The fraction of sp³-hybridized carbons (Fsp3) is 0.300. The lowest BCUT2D eigenvalue weighted by atomic mass is 10.0. The van der Waals surface area contributed by atoms with Crippen molar-refractivity contribution in [1.82, 2.24) is 10.6 Å². The number of hydrogen-bond acceptors (Lipinski definition) is 4. The molecule has 2 aromatic rings. The van der Waals surface area contributed by atoms with Crippen molar-refractivity contribution in [1.29, 1.82) is 0 Å². The van der Waals surface area contributed by atoms with E-state index in [1.165, 1.54) is 13.2 Å². The van der Waals surface area contributed by atoms with Crippen molar-refractivity contribution in [2.24, 2.45) is 0 Å².